The number of aliphatic hydroxyl groups excluding tert-OH is 1. The van der Waals surface area contributed by atoms with Gasteiger partial charge in [-0.25, -0.2) is 4.39 Å². The van der Waals surface area contributed by atoms with E-state index in [1.54, 1.807) is 24.3 Å². The molecule has 6 heteroatoms. The molecule has 0 saturated carbocycles. The van der Waals surface area contributed by atoms with Crippen molar-refractivity contribution in [1.29, 1.82) is 0 Å². The lowest BCUT2D eigenvalue weighted by Gasteiger charge is -2.24. The monoisotopic (exact) mass is 394 g/mol. The Bertz CT molecular complexity index is 959. The molecule has 5 nitrogen and oxygen atoms in total. The maximum Gasteiger partial charge on any atom is 0.271 e. The van der Waals surface area contributed by atoms with Gasteiger partial charge in [0.1, 0.15) is 5.82 Å². The molecule has 0 aliphatic rings. The second-order valence-electron chi connectivity index (χ2n) is 6.90. The Kier molecular flexibility index (Phi) is 6.57. The van der Waals surface area contributed by atoms with E-state index in [1.165, 1.54) is 29.8 Å². The number of hydrogen-bond donors (Lipinski definition) is 2. The van der Waals surface area contributed by atoms with Gasteiger partial charge in [0.2, 0.25) is 0 Å². The van der Waals surface area contributed by atoms with Crippen LogP contribution in [0.1, 0.15) is 42.2 Å². The summed E-state index contributed by atoms with van der Waals surface area (Å²) < 4.78 is 13.2. The molecule has 0 amide bonds. The first-order valence-corrected chi connectivity index (χ1v) is 9.49. The Hall–Kier alpha value is -3.25. The fraction of sp³-hybridized carbons (Fsp3) is 0.217. The second kappa shape index (κ2) is 9.30. The van der Waals surface area contributed by atoms with E-state index in [4.69, 9.17) is 0 Å². The molecule has 3 aromatic carbocycles. The van der Waals surface area contributed by atoms with Gasteiger partial charge in [-0.2, -0.15) is 0 Å². The first-order valence-electron chi connectivity index (χ1n) is 9.49. The molecule has 0 saturated heterocycles. The van der Waals surface area contributed by atoms with Crippen LogP contribution in [0, 0.1) is 15.9 Å². The number of nitrogens with zero attached hydrogens (tertiary/aromatic N) is 1. The molecule has 2 atom stereocenters. The highest BCUT2D eigenvalue weighted by Crippen LogP contribution is 2.31. The summed E-state index contributed by atoms with van der Waals surface area (Å²) in [6, 6.07) is 19.8. The van der Waals surface area contributed by atoms with Crippen LogP contribution in [0.2, 0.25) is 0 Å². The summed E-state index contributed by atoms with van der Waals surface area (Å²) in [7, 11) is 0. The predicted molar refractivity (Wildman–Crippen MR) is 111 cm³/mol. The molecular weight excluding hydrogens is 371 g/mol. The van der Waals surface area contributed by atoms with Crippen molar-refractivity contribution in [3.8, 4) is 0 Å². The summed E-state index contributed by atoms with van der Waals surface area (Å²) in [6.45, 7) is 2.08. The molecule has 0 spiro atoms. The van der Waals surface area contributed by atoms with Crippen LogP contribution in [0.5, 0.6) is 0 Å². The van der Waals surface area contributed by atoms with Crippen molar-refractivity contribution in [3.05, 3.63) is 105 Å². The van der Waals surface area contributed by atoms with Gasteiger partial charge in [-0.3, -0.25) is 10.1 Å². The van der Waals surface area contributed by atoms with Gasteiger partial charge in [-0.1, -0.05) is 49.4 Å². The lowest BCUT2D eigenvalue weighted by molar-refractivity contribution is -0.384. The molecule has 0 fully saturated rings. The Morgan fingerprint density at radius 3 is 2.31 bits per heavy atom. The number of nitrogens with one attached hydrogen (secondary N) is 1. The smallest absolute Gasteiger partial charge is 0.271 e. The number of hydrogen-bond acceptors (Lipinski definition) is 4. The summed E-state index contributed by atoms with van der Waals surface area (Å²) in [4.78, 5) is 10.6. The average Bonchev–Trinajstić information content (AvgIpc) is 2.74. The number of aliphatic hydroxyl groups is 1. The van der Waals surface area contributed by atoms with E-state index in [0.29, 0.717) is 17.7 Å². The quantitative estimate of drug-likeness (QED) is 0.387. The van der Waals surface area contributed by atoms with Gasteiger partial charge in [0.25, 0.3) is 5.69 Å². The van der Waals surface area contributed by atoms with E-state index in [1.807, 2.05) is 24.3 Å². The number of benzene rings is 3. The highest BCUT2D eigenvalue weighted by atomic mass is 19.1. The number of halogens is 1. The predicted octanol–water partition coefficient (Wildman–Crippen LogP) is 5.57. The van der Waals surface area contributed by atoms with E-state index in [-0.39, 0.29) is 17.5 Å². The molecule has 0 radical (unpaired) electrons. The average molecular weight is 394 g/mol. The topological polar surface area (TPSA) is 75.4 Å². The van der Waals surface area contributed by atoms with Crippen molar-refractivity contribution in [3.63, 3.8) is 0 Å². The van der Waals surface area contributed by atoms with Crippen LogP contribution in [0.15, 0.2) is 72.8 Å². The van der Waals surface area contributed by atoms with Gasteiger partial charge < -0.3 is 10.4 Å². The van der Waals surface area contributed by atoms with Crippen LogP contribution in [0.25, 0.3) is 0 Å². The number of aryl methyl sites for hydroxylation is 1. The van der Waals surface area contributed by atoms with Gasteiger partial charge in [-0.05, 0) is 41.3 Å². The lowest BCUT2D eigenvalue weighted by atomic mass is 9.95. The van der Waals surface area contributed by atoms with Crippen molar-refractivity contribution in [2.24, 2.45) is 0 Å². The molecule has 0 bridgehead atoms. The molecule has 2 unspecified atom stereocenters. The van der Waals surface area contributed by atoms with Gasteiger partial charge >= 0.3 is 0 Å². The molecular formula is C23H23FN2O3. The van der Waals surface area contributed by atoms with Crippen molar-refractivity contribution < 1.29 is 14.4 Å². The third kappa shape index (κ3) is 5.39. The summed E-state index contributed by atoms with van der Waals surface area (Å²) in [6.07, 6.45) is 0.416. The summed E-state index contributed by atoms with van der Waals surface area (Å²) in [5, 5.41) is 25.1. The summed E-state index contributed by atoms with van der Waals surface area (Å²) in [5.74, 6) is -0.359. The van der Waals surface area contributed by atoms with Crippen molar-refractivity contribution in [1.82, 2.24) is 0 Å². The van der Waals surface area contributed by atoms with Crippen LogP contribution >= 0.6 is 0 Å². The molecule has 0 aliphatic heterocycles. The van der Waals surface area contributed by atoms with E-state index < -0.39 is 11.0 Å². The van der Waals surface area contributed by atoms with Crippen LogP contribution in [0.4, 0.5) is 15.8 Å². The number of anilines is 1. The maximum absolute atomic E-state index is 13.2. The number of nitro benzene ring substituents is 1. The number of rotatable bonds is 8. The van der Waals surface area contributed by atoms with E-state index in [0.717, 1.165) is 12.0 Å². The minimum atomic E-state index is -0.822. The molecule has 0 aromatic heterocycles. The van der Waals surface area contributed by atoms with Crippen LogP contribution in [0.3, 0.4) is 0 Å². The Morgan fingerprint density at radius 2 is 1.69 bits per heavy atom. The highest BCUT2D eigenvalue weighted by Gasteiger charge is 2.19. The highest BCUT2D eigenvalue weighted by molar-refractivity contribution is 5.52. The summed E-state index contributed by atoms with van der Waals surface area (Å²) >= 11 is 0. The van der Waals surface area contributed by atoms with E-state index in [9.17, 15) is 19.6 Å². The molecule has 3 aromatic rings. The van der Waals surface area contributed by atoms with Crippen molar-refractivity contribution >= 4 is 11.4 Å². The minimum absolute atomic E-state index is 0.00540. The van der Waals surface area contributed by atoms with Crippen LogP contribution < -0.4 is 5.32 Å². The Labute approximate surface area is 169 Å². The molecule has 2 N–H and O–H groups in total. The standard InChI is InChI=1S/C23H23FN2O3/c1-2-16-6-8-17(9-7-16)22(15-23(27)18-10-12-19(24)13-11-18)25-20-4-3-5-21(14-20)26(28)29/h3-14,22-23,25,27H,2,15H2,1H3. The molecule has 29 heavy (non-hydrogen) atoms. The van der Waals surface area contributed by atoms with Crippen molar-refractivity contribution in [2.75, 3.05) is 5.32 Å². The molecule has 0 heterocycles. The van der Waals surface area contributed by atoms with Gasteiger partial charge in [0.15, 0.2) is 0 Å². The second-order valence-corrected chi connectivity index (χ2v) is 6.90. The molecule has 3 rings (SSSR count). The maximum atomic E-state index is 13.2. The van der Waals surface area contributed by atoms with Gasteiger partial charge in [-0.15, -0.1) is 0 Å². The largest absolute Gasteiger partial charge is 0.388 e. The zero-order chi connectivity index (χ0) is 20.8. The fourth-order valence-electron chi connectivity index (χ4n) is 3.22. The number of nitro groups is 1. The third-order valence-electron chi connectivity index (χ3n) is 4.90. The number of non-ortho nitro benzene ring substituents is 1. The third-order valence-corrected chi connectivity index (χ3v) is 4.90. The Balaban J connectivity index is 1.87. The SMILES string of the molecule is CCc1ccc(C(CC(O)c2ccc(F)cc2)Nc2cccc([N+](=O)[O-])c2)cc1. The Morgan fingerprint density at radius 1 is 1.03 bits per heavy atom. The molecule has 150 valence electrons. The zero-order valence-electron chi connectivity index (χ0n) is 16.1. The van der Waals surface area contributed by atoms with Crippen LogP contribution in [-0.2, 0) is 6.42 Å². The molecule has 0 aliphatic carbocycles. The van der Waals surface area contributed by atoms with Gasteiger partial charge in [0, 0.05) is 24.2 Å². The zero-order valence-corrected chi connectivity index (χ0v) is 16.1. The first-order chi connectivity index (χ1) is 14.0. The normalized spacial score (nSPS) is 12.9. The van der Waals surface area contributed by atoms with Crippen LogP contribution in [-0.4, -0.2) is 10.0 Å². The fourth-order valence-corrected chi connectivity index (χ4v) is 3.22. The van der Waals surface area contributed by atoms with E-state index >= 15 is 0 Å². The summed E-state index contributed by atoms with van der Waals surface area (Å²) in [5.41, 5.74) is 3.35. The lowest BCUT2D eigenvalue weighted by Crippen LogP contribution is -2.15. The first kappa shape index (κ1) is 20.5. The van der Waals surface area contributed by atoms with Gasteiger partial charge in [0.05, 0.1) is 17.1 Å². The minimum Gasteiger partial charge on any atom is -0.388 e. The van der Waals surface area contributed by atoms with E-state index in [2.05, 4.69) is 12.2 Å². The van der Waals surface area contributed by atoms with Crippen molar-refractivity contribution in [2.45, 2.75) is 31.9 Å².